The molecule has 0 saturated carbocycles. The fraction of sp³-hybridized carbons (Fsp3) is 0.565. The van der Waals surface area contributed by atoms with E-state index in [2.05, 4.69) is 10.00 Å². The highest BCUT2D eigenvalue weighted by Gasteiger charge is 2.33. The summed E-state index contributed by atoms with van der Waals surface area (Å²) in [6.45, 7) is 9.38. The SMILES string of the molecule is CCOc1ccc(CC(=O)N2CCN(c3c(C)nn(C4CCS(=O)(=O)C4)c3C)CC2)cc1. The van der Waals surface area contributed by atoms with Crippen LogP contribution in [0.4, 0.5) is 5.69 Å². The number of anilines is 1. The smallest absolute Gasteiger partial charge is 0.227 e. The Balaban J connectivity index is 1.37. The minimum atomic E-state index is -2.96. The number of rotatable bonds is 6. The van der Waals surface area contributed by atoms with E-state index in [1.807, 2.05) is 54.6 Å². The van der Waals surface area contributed by atoms with Gasteiger partial charge in [-0.3, -0.25) is 9.48 Å². The van der Waals surface area contributed by atoms with Crippen molar-refractivity contribution < 1.29 is 17.9 Å². The number of benzene rings is 1. The van der Waals surface area contributed by atoms with Crippen molar-refractivity contribution in [1.29, 1.82) is 0 Å². The van der Waals surface area contributed by atoms with Gasteiger partial charge in [-0.2, -0.15) is 5.10 Å². The predicted molar refractivity (Wildman–Crippen MR) is 124 cm³/mol. The van der Waals surface area contributed by atoms with Crippen molar-refractivity contribution in [3.8, 4) is 5.75 Å². The maximum Gasteiger partial charge on any atom is 0.227 e. The molecule has 0 N–H and O–H groups in total. The lowest BCUT2D eigenvalue weighted by atomic mass is 10.1. The van der Waals surface area contributed by atoms with Crippen LogP contribution in [0.1, 0.15) is 36.3 Å². The number of aryl methyl sites for hydroxylation is 1. The number of ether oxygens (including phenoxy) is 1. The molecule has 2 fully saturated rings. The lowest BCUT2D eigenvalue weighted by Gasteiger charge is -2.36. The highest BCUT2D eigenvalue weighted by atomic mass is 32.2. The van der Waals surface area contributed by atoms with Crippen LogP contribution < -0.4 is 9.64 Å². The summed E-state index contributed by atoms with van der Waals surface area (Å²) in [6.07, 6.45) is 1.01. The molecule has 8 nitrogen and oxygen atoms in total. The molecule has 0 radical (unpaired) electrons. The number of amides is 1. The molecule has 2 aliphatic rings. The molecule has 1 amide bonds. The predicted octanol–water partition coefficient (Wildman–Crippen LogP) is 2.15. The van der Waals surface area contributed by atoms with Crippen molar-refractivity contribution in [3.63, 3.8) is 0 Å². The molecule has 4 rings (SSSR count). The van der Waals surface area contributed by atoms with Crippen molar-refractivity contribution in [1.82, 2.24) is 14.7 Å². The first kappa shape index (κ1) is 22.6. The highest BCUT2D eigenvalue weighted by Crippen LogP contribution is 2.31. The van der Waals surface area contributed by atoms with E-state index in [4.69, 9.17) is 4.74 Å². The first-order chi connectivity index (χ1) is 15.3. The molecule has 0 aliphatic carbocycles. The van der Waals surface area contributed by atoms with E-state index < -0.39 is 9.84 Å². The normalized spacial score (nSPS) is 20.5. The molecular weight excluding hydrogens is 428 g/mol. The van der Waals surface area contributed by atoms with Crippen LogP contribution in [0.5, 0.6) is 5.75 Å². The van der Waals surface area contributed by atoms with Crippen LogP contribution in [0.2, 0.25) is 0 Å². The van der Waals surface area contributed by atoms with Gasteiger partial charge in [0.1, 0.15) is 5.75 Å². The molecule has 9 heteroatoms. The molecule has 0 bridgehead atoms. The number of nitrogens with zero attached hydrogens (tertiary/aromatic N) is 4. The zero-order valence-corrected chi connectivity index (χ0v) is 19.9. The average Bonchev–Trinajstić information content (AvgIpc) is 3.27. The Bertz CT molecular complexity index is 1070. The van der Waals surface area contributed by atoms with E-state index in [0.29, 0.717) is 32.5 Å². The molecule has 3 heterocycles. The van der Waals surface area contributed by atoms with Gasteiger partial charge in [-0.05, 0) is 44.9 Å². The third-order valence-electron chi connectivity index (χ3n) is 6.38. The molecule has 2 aromatic rings. The fourth-order valence-corrected chi connectivity index (χ4v) is 6.46. The Morgan fingerprint density at radius 1 is 1.12 bits per heavy atom. The number of piperazine rings is 1. The second-order valence-corrected chi connectivity index (χ2v) is 10.9. The van der Waals surface area contributed by atoms with Crippen LogP contribution in [0.25, 0.3) is 0 Å². The number of aromatic nitrogens is 2. The summed E-state index contributed by atoms with van der Waals surface area (Å²) in [4.78, 5) is 17.0. The highest BCUT2D eigenvalue weighted by molar-refractivity contribution is 7.91. The maximum atomic E-state index is 12.8. The van der Waals surface area contributed by atoms with Gasteiger partial charge >= 0.3 is 0 Å². The van der Waals surface area contributed by atoms with E-state index in [0.717, 1.165) is 41.5 Å². The molecule has 2 aliphatic heterocycles. The minimum Gasteiger partial charge on any atom is -0.494 e. The second kappa shape index (κ2) is 9.13. The van der Waals surface area contributed by atoms with Gasteiger partial charge < -0.3 is 14.5 Å². The van der Waals surface area contributed by atoms with Crippen molar-refractivity contribution >= 4 is 21.4 Å². The lowest BCUT2D eigenvalue weighted by Crippen LogP contribution is -2.49. The van der Waals surface area contributed by atoms with Gasteiger partial charge in [0.25, 0.3) is 0 Å². The third kappa shape index (κ3) is 4.77. The van der Waals surface area contributed by atoms with Crippen LogP contribution >= 0.6 is 0 Å². The Hall–Kier alpha value is -2.55. The van der Waals surface area contributed by atoms with Crippen LogP contribution in [0.15, 0.2) is 24.3 Å². The summed E-state index contributed by atoms with van der Waals surface area (Å²) in [6, 6.07) is 7.63. The topological polar surface area (TPSA) is 84.7 Å². The number of carbonyl (C=O) groups is 1. The Morgan fingerprint density at radius 3 is 2.41 bits per heavy atom. The molecule has 2 saturated heterocycles. The number of hydrogen-bond donors (Lipinski definition) is 0. The average molecular weight is 461 g/mol. The number of carbonyl (C=O) groups excluding carboxylic acids is 1. The molecule has 174 valence electrons. The van der Waals surface area contributed by atoms with Gasteiger partial charge in [0.05, 0.1) is 47.7 Å². The lowest BCUT2D eigenvalue weighted by molar-refractivity contribution is -0.130. The molecule has 32 heavy (non-hydrogen) atoms. The molecule has 1 atom stereocenters. The van der Waals surface area contributed by atoms with Crippen molar-refractivity contribution in [3.05, 3.63) is 41.2 Å². The van der Waals surface area contributed by atoms with Gasteiger partial charge in [0, 0.05) is 26.2 Å². The Labute approximate surface area is 190 Å². The van der Waals surface area contributed by atoms with Crippen molar-refractivity contribution in [2.75, 3.05) is 49.2 Å². The van der Waals surface area contributed by atoms with E-state index in [-0.39, 0.29) is 23.5 Å². The summed E-state index contributed by atoms with van der Waals surface area (Å²) >= 11 is 0. The van der Waals surface area contributed by atoms with E-state index >= 15 is 0 Å². The van der Waals surface area contributed by atoms with E-state index in [9.17, 15) is 13.2 Å². The van der Waals surface area contributed by atoms with Crippen LogP contribution in [-0.2, 0) is 21.1 Å². The first-order valence-electron chi connectivity index (χ1n) is 11.3. The molecule has 1 unspecified atom stereocenters. The van der Waals surface area contributed by atoms with Crippen LogP contribution in [-0.4, -0.2) is 73.3 Å². The largest absolute Gasteiger partial charge is 0.494 e. The van der Waals surface area contributed by atoms with Gasteiger partial charge in [-0.1, -0.05) is 12.1 Å². The van der Waals surface area contributed by atoms with Crippen molar-refractivity contribution in [2.45, 2.75) is 39.7 Å². The Morgan fingerprint density at radius 2 is 1.81 bits per heavy atom. The second-order valence-electron chi connectivity index (χ2n) is 8.64. The zero-order valence-electron chi connectivity index (χ0n) is 19.1. The first-order valence-corrected chi connectivity index (χ1v) is 13.1. The van der Waals surface area contributed by atoms with Crippen LogP contribution in [0, 0.1) is 13.8 Å². The summed E-state index contributed by atoms with van der Waals surface area (Å²) in [5, 5.41) is 4.68. The zero-order chi connectivity index (χ0) is 22.9. The summed E-state index contributed by atoms with van der Waals surface area (Å²) < 4.78 is 31.2. The van der Waals surface area contributed by atoms with Gasteiger partial charge in [-0.25, -0.2) is 8.42 Å². The van der Waals surface area contributed by atoms with Crippen molar-refractivity contribution in [2.24, 2.45) is 0 Å². The van der Waals surface area contributed by atoms with Gasteiger partial charge in [0.2, 0.25) is 5.91 Å². The standard InChI is InChI=1S/C23H32N4O4S/c1-4-31-21-7-5-19(6-8-21)15-22(28)25-10-12-26(13-11-25)23-17(2)24-27(18(23)3)20-9-14-32(29,30)16-20/h5-8,20H,4,9-16H2,1-3H3. The summed E-state index contributed by atoms with van der Waals surface area (Å²) in [7, 11) is -2.96. The number of hydrogen-bond acceptors (Lipinski definition) is 6. The minimum absolute atomic E-state index is 0.0792. The quantitative estimate of drug-likeness (QED) is 0.657. The Kier molecular flexibility index (Phi) is 6.46. The summed E-state index contributed by atoms with van der Waals surface area (Å²) in [5.74, 6) is 1.36. The molecule has 0 spiro atoms. The monoisotopic (exact) mass is 460 g/mol. The molecular formula is C23H32N4O4S. The summed E-state index contributed by atoms with van der Waals surface area (Å²) in [5.41, 5.74) is 3.99. The van der Waals surface area contributed by atoms with E-state index in [1.165, 1.54) is 0 Å². The van der Waals surface area contributed by atoms with Crippen LogP contribution in [0.3, 0.4) is 0 Å². The maximum absolute atomic E-state index is 12.8. The van der Waals surface area contributed by atoms with Gasteiger partial charge in [0.15, 0.2) is 9.84 Å². The number of sulfone groups is 1. The fourth-order valence-electron chi connectivity index (χ4n) is 4.77. The van der Waals surface area contributed by atoms with Gasteiger partial charge in [-0.15, -0.1) is 0 Å². The third-order valence-corrected chi connectivity index (χ3v) is 8.13. The molecule has 1 aromatic carbocycles. The molecule has 1 aromatic heterocycles. The van der Waals surface area contributed by atoms with E-state index in [1.54, 1.807) is 0 Å².